The molecule has 0 saturated carbocycles. The molecule has 1 aliphatic rings. The zero-order chi connectivity index (χ0) is 18.0. The number of aliphatic imine (C=N–C) groups is 1. The van der Waals surface area contributed by atoms with E-state index in [1.54, 1.807) is 0 Å². The number of carboxylic acids is 1. The van der Waals surface area contributed by atoms with Crippen molar-refractivity contribution in [1.82, 2.24) is 0 Å². The van der Waals surface area contributed by atoms with E-state index in [0.29, 0.717) is 10.9 Å². The topological polar surface area (TPSA) is 70.0 Å². The van der Waals surface area contributed by atoms with E-state index in [2.05, 4.69) is 4.99 Å². The van der Waals surface area contributed by atoms with E-state index in [-0.39, 0.29) is 12.3 Å². The standard InChI is InChI=1S/C19H18N2O3S/c1-12-5-3-7-14(9-12)20-19-21(15-8-4-6-13(2)10-15)18(24)16(25-19)11-17(22)23/h3-10,16H,11H2,1-2H3,(H,22,23). The van der Waals surface area contributed by atoms with E-state index in [1.165, 1.54) is 16.7 Å². The summed E-state index contributed by atoms with van der Waals surface area (Å²) >= 11 is 1.20. The third-order valence-electron chi connectivity index (χ3n) is 3.78. The van der Waals surface area contributed by atoms with Crippen molar-refractivity contribution < 1.29 is 14.7 Å². The molecule has 6 heteroatoms. The number of nitrogens with zero attached hydrogens (tertiary/aromatic N) is 2. The Morgan fingerprint density at radius 3 is 2.48 bits per heavy atom. The summed E-state index contributed by atoms with van der Waals surface area (Å²) in [6.45, 7) is 3.92. The maximum Gasteiger partial charge on any atom is 0.305 e. The Morgan fingerprint density at radius 2 is 1.84 bits per heavy atom. The number of amidine groups is 1. The second-order valence-corrected chi connectivity index (χ2v) is 7.12. The zero-order valence-electron chi connectivity index (χ0n) is 14.0. The van der Waals surface area contributed by atoms with Gasteiger partial charge < -0.3 is 5.11 Å². The van der Waals surface area contributed by atoms with Crippen LogP contribution in [0.25, 0.3) is 0 Å². The highest BCUT2D eigenvalue weighted by Gasteiger charge is 2.40. The van der Waals surface area contributed by atoms with E-state index >= 15 is 0 Å². The smallest absolute Gasteiger partial charge is 0.305 e. The molecular weight excluding hydrogens is 336 g/mol. The van der Waals surface area contributed by atoms with Gasteiger partial charge >= 0.3 is 5.97 Å². The molecule has 25 heavy (non-hydrogen) atoms. The molecule has 1 unspecified atom stereocenters. The average molecular weight is 354 g/mol. The third-order valence-corrected chi connectivity index (χ3v) is 4.92. The summed E-state index contributed by atoms with van der Waals surface area (Å²) in [5, 5.41) is 8.92. The van der Waals surface area contributed by atoms with Gasteiger partial charge in [-0.15, -0.1) is 0 Å². The van der Waals surface area contributed by atoms with Crippen LogP contribution in [0.5, 0.6) is 0 Å². The Hall–Kier alpha value is -2.60. The normalized spacial score (nSPS) is 18.8. The largest absolute Gasteiger partial charge is 0.481 e. The second kappa shape index (κ2) is 7.11. The van der Waals surface area contributed by atoms with Crippen molar-refractivity contribution in [2.24, 2.45) is 4.99 Å². The molecule has 0 spiro atoms. The quantitative estimate of drug-likeness (QED) is 0.903. The Balaban J connectivity index is 2.03. The van der Waals surface area contributed by atoms with Gasteiger partial charge in [0.1, 0.15) is 5.25 Å². The summed E-state index contributed by atoms with van der Waals surface area (Å²) in [5.74, 6) is -1.24. The molecule has 0 aromatic heterocycles. The van der Waals surface area contributed by atoms with E-state index in [1.807, 2.05) is 62.4 Å². The summed E-state index contributed by atoms with van der Waals surface area (Å²) in [7, 11) is 0. The Morgan fingerprint density at radius 1 is 1.16 bits per heavy atom. The van der Waals surface area contributed by atoms with Crippen LogP contribution >= 0.6 is 11.8 Å². The number of thioether (sulfide) groups is 1. The summed E-state index contributed by atoms with van der Waals surface area (Å²) < 4.78 is 0. The van der Waals surface area contributed by atoms with Crippen molar-refractivity contribution in [3.05, 3.63) is 59.7 Å². The number of carbonyl (C=O) groups excluding carboxylic acids is 1. The molecule has 1 fully saturated rings. The lowest BCUT2D eigenvalue weighted by atomic mass is 10.2. The van der Waals surface area contributed by atoms with Crippen molar-refractivity contribution in [2.45, 2.75) is 25.5 Å². The minimum atomic E-state index is -0.994. The number of carbonyl (C=O) groups is 2. The third kappa shape index (κ3) is 3.91. The molecule has 128 valence electrons. The molecule has 5 nitrogen and oxygen atoms in total. The van der Waals surface area contributed by atoms with Crippen molar-refractivity contribution in [3.63, 3.8) is 0 Å². The first-order valence-corrected chi connectivity index (χ1v) is 8.76. The van der Waals surface area contributed by atoms with E-state index in [9.17, 15) is 9.59 Å². The number of carboxylic acid groups (broad SMARTS) is 1. The lowest BCUT2D eigenvalue weighted by Gasteiger charge is -2.17. The summed E-state index contributed by atoms with van der Waals surface area (Å²) in [4.78, 5) is 30.0. The molecule has 1 saturated heterocycles. The van der Waals surface area contributed by atoms with Gasteiger partial charge in [0.15, 0.2) is 5.17 Å². The number of hydrogen-bond donors (Lipinski definition) is 1. The number of benzene rings is 2. The first-order valence-electron chi connectivity index (χ1n) is 7.88. The number of aryl methyl sites for hydroxylation is 2. The lowest BCUT2D eigenvalue weighted by Crippen LogP contribution is -2.32. The second-order valence-electron chi connectivity index (χ2n) is 5.95. The molecule has 1 N–H and O–H groups in total. The highest BCUT2D eigenvalue weighted by molar-refractivity contribution is 8.16. The van der Waals surface area contributed by atoms with Gasteiger partial charge in [0.2, 0.25) is 5.91 Å². The van der Waals surface area contributed by atoms with Crippen LogP contribution in [-0.2, 0) is 9.59 Å². The van der Waals surface area contributed by atoms with Gasteiger partial charge in [-0.25, -0.2) is 4.99 Å². The van der Waals surface area contributed by atoms with Gasteiger partial charge in [0.25, 0.3) is 0 Å². The Labute approximate surface area is 150 Å². The summed E-state index contributed by atoms with van der Waals surface area (Å²) in [5.41, 5.74) is 3.54. The highest BCUT2D eigenvalue weighted by Crippen LogP contribution is 2.35. The first kappa shape index (κ1) is 17.2. The summed E-state index contributed by atoms with van der Waals surface area (Å²) in [6, 6.07) is 15.2. The fourth-order valence-electron chi connectivity index (χ4n) is 2.65. The zero-order valence-corrected chi connectivity index (χ0v) is 14.8. The van der Waals surface area contributed by atoms with Gasteiger partial charge in [0, 0.05) is 0 Å². The van der Waals surface area contributed by atoms with Crippen LogP contribution < -0.4 is 4.90 Å². The molecule has 1 amide bonds. The van der Waals surface area contributed by atoms with Crippen LogP contribution in [-0.4, -0.2) is 27.4 Å². The number of hydrogen-bond acceptors (Lipinski definition) is 4. The van der Waals surface area contributed by atoms with Crippen LogP contribution in [0.4, 0.5) is 11.4 Å². The average Bonchev–Trinajstić information content (AvgIpc) is 2.82. The van der Waals surface area contributed by atoms with Crippen LogP contribution in [0, 0.1) is 13.8 Å². The SMILES string of the molecule is Cc1cccc(N=C2SC(CC(=O)O)C(=O)N2c2cccc(C)c2)c1. The van der Waals surface area contributed by atoms with Crippen molar-refractivity contribution in [3.8, 4) is 0 Å². The lowest BCUT2D eigenvalue weighted by molar-refractivity contribution is -0.138. The molecule has 0 aliphatic carbocycles. The maximum absolute atomic E-state index is 12.8. The van der Waals surface area contributed by atoms with Crippen LogP contribution in [0.15, 0.2) is 53.5 Å². The van der Waals surface area contributed by atoms with E-state index < -0.39 is 11.2 Å². The van der Waals surface area contributed by atoms with Gasteiger partial charge in [-0.2, -0.15) is 0 Å². The monoisotopic (exact) mass is 354 g/mol. The first-order chi connectivity index (χ1) is 11.9. The molecule has 1 heterocycles. The number of aliphatic carboxylic acids is 1. The highest BCUT2D eigenvalue weighted by atomic mass is 32.2. The number of amides is 1. The molecule has 3 rings (SSSR count). The molecule has 1 atom stereocenters. The predicted molar refractivity (Wildman–Crippen MR) is 101 cm³/mol. The molecule has 1 aliphatic heterocycles. The van der Waals surface area contributed by atoms with E-state index in [4.69, 9.17) is 5.11 Å². The minimum absolute atomic E-state index is 0.224. The molecule has 0 radical (unpaired) electrons. The van der Waals surface area contributed by atoms with Crippen LogP contribution in [0.3, 0.4) is 0 Å². The maximum atomic E-state index is 12.8. The van der Waals surface area contributed by atoms with Crippen molar-refractivity contribution in [1.29, 1.82) is 0 Å². The fraction of sp³-hybridized carbons (Fsp3) is 0.211. The molecular formula is C19H18N2O3S. The van der Waals surface area contributed by atoms with Crippen LogP contribution in [0.2, 0.25) is 0 Å². The number of anilines is 1. The Kier molecular flexibility index (Phi) is 4.90. The van der Waals surface area contributed by atoms with Gasteiger partial charge in [-0.05, 0) is 49.2 Å². The molecule has 2 aromatic carbocycles. The van der Waals surface area contributed by atoms with E-state index in [0.717, 1.165) is 16.8 Å². The number of rotatable bonds is 4. The van der Waals surface area contributed by atoms with Gasteiger partial charge in [0.05, 0.1) is 17.8 Å². The Bertz CT molecular complexity index is 863. The molecule has 0 bridgehead atoms. The molecule has 2 aromatic rings. The van der Waals surface area contributed by atoms with Crippen LogP contribution in [0.1, 0.15) is 17.5 Å². The van der Waals surface area contributed by atoms with Gasteiger partial charge in [-0.1, -0.05) is 36.0 Å². The fourth-order valence-corrected chi connectivity index (χ4v) is 3.79. The van der Waals surface area contributed by atoms with Crippen molar-refractivity contribution in [2.75, 3.05) is 4.90 Å². The van der Waals surface area contributed by atoms with Crippen molar-refractivity contribution >= 4 is 40.2 Å². The minimum Gasteiger partial charge on any atom is -0.481 e. The van der Waals surface area contributed by atoms with Gasteiger partial charge in [-0.3, -0.25) is 14.5 Å². The predicted octanol–water partition coefficient (Wildman–Crippen LogP) is 3.91. The summed E-state index contributed by atoms with van der Waals surface area (Å²) in [6.07, 6.45) is -0.224.